The Balaban J connectivity index is 1.38. The zero-order valence-corrected chi connectivity index (χ0v) is 18.5. The van der Waals surface area contributed by atoms with Gasteiger partial charge in [0.25, 0.3) is 0 Å². The fraction of sp³-hybridized carbons (Fsp3) is 0.476. The van der Waals surface area contributed by atoms with E-state index < -0.39 is 10.0 Å². The summed E-state index contributed by atoms with van der Waals surface area (Å²) in [6, 6.07) is 8.57. The Morgan fingerprint density at radius 1 is 1.07 bits per heavy atom. The highest BCUT2D eigenvalue weighted by molar-refractivity contribution is 7.99. The molecule has 0 saturated carbocycles. The quantitative estimate of drug-likeness (QED) is 0.701. The van der Waals surface area contributed by atoms with Gasteiger partial charge in [0.2, 0.25) is 15.9 Å². The number of rotatable bonds is 6. The summed E-state index contributed by atoms with van der Waals surface area (Å²) in [5.74, 6) is 2.02. The molecule has 1 aromatic carbocycles. The lowest BCUT2D eigenvalue weighted by atomic mass is 10.2. The number of carbonyl (C=O) groups is 1. The highest BCUT2D eigenvalue weighted by Gasteiger charge is 2.20. The number of likely N-dealkylation sites (tertiary alicyclic amines) is 1. The molecule has 0 unspecified atom stereocenters. The number of anilines is 1. The lowest BCUT2D eigenvalue weighted by Gasteiger charge is -2.17. The van der Waals surface area contributed by atoms with Gasteiger partial charge in [0.15, 0.2) is 0 Å². The lowest BCUT2D eigenvalue weighted by molar-refractivity contribution is -0.115. The predicted molar refractivity (Wildman–Crippen MR) is 117 cm³/mol. The second-order valence-corrected chi connectivity index (χ2v) is 10.6. The first kappa shape index (κ1) is 21.4. The number of hydrogen-bond donors (Lipinski definition) is 2. The molecule has 162 valence electrons. The van der Waals surface area contributed by atoms with Crippen molar-refractivity contribution in [2.75, 3.05) is 24.2 Å². The molecule has 1 saturated heterocycles. The first-order valence-electron chi connectivity index (χ1n) is 10.4. The van der Waals surface area contributed by atoms with E-state index in [0.717, 1.165) is 30.3 Å². The molecule has 9 heteroatoms. The summed E-state index contributed by atoms with van der Waals surface area (Å²) < 4.78 is 33.9. The second-order valence-electron chi connectivity index (χ2n) is 7.69. The van der Waals surface area contributed by atoms with E-state index in [-0.39, 0.29) is 17.3 Å². The van der Waals surface area contributed by atoms with E-state index in [1.165, 1.54) is 31.7 Å². The van der Waals surface area contributed by atoms with Crippen LogP contribution in [0, 0.1) is 0 Å². The molecule has 4 rings (SSSR count). The van der Waals surface area contributed by atoms with Gasteiger partial charge in [0.05, 0.1) is 23.7 Å². The summed E-state index contributed by atoms with van der Waals surface area (Å²) in [6.45, 7) is 3.00. The van der Waals surface area contributed by atoms with Crippen LogP contribution in [0.5, 0.6) is 0 Å². The molecular weight excluding hydrogens is 422 g/mol. The first-order chi connectivity index (χ1) is 14.5. The molecule has 0 bridgehead atoms. The molecule has 30 heavy (non-hydrogen) atoms. The van der Waals surface area contributed by atoms with Gasteiger partial charge in [-0.1, -0.05) is 12.8 Å². The number of benzene rings is 1. The summed E-state index contributed by atoms with van der Waals surface area (Å²) in [5, 5.41) is 2.78. The average molecular weight is 450 g/mol. The van der Waals surface area contributed by atoms with Crippen LogP contribution in [0.3, 0.4) is 0 Å². The Hall–Kier alpha value is -1.81. The smallest absolute Gasteiger partial charge is 0.241 e. The van der Waals surface area contributed by atoms with E-state index >= 15 is 0 Å². The Morgan fingerprint density at radius 2 is 1.83 bits per heavy atom. The van der Waals surface area contributed by atoms with E-state index in [9.17, 15) is 13.2 Å². The monoisotopic (exact) mass is 449 g/mol. The van der Waals surface area contributed by atoms with Crippen molar-refractivity contribution in [3.05, 3.63) is 41.9 Å². The molecule has 2 aromatic rings. The van der Waals surface area contributed by atoms with Gasteiger partial charge in [-0.2, -0.15) is 0 Å². The SMILES string of the molecule is O=C1CCSc2ccc(S(=O)(=O)NCc3ccc(CN4CCCCCC4)o3)cc2N1. The van der Waals surface area contributed by atoms with Gasteiger partial charge in [-0.25, -0.2) is 13.1 Å². The molecule has 2 N–H and O–H groups in total. The molecular formula is C21H27N3O4S2. The maximum Gasteiger partial charge on any atom is 0.241 e. The molecule has 0 atom stereocenters. The first-order valence-corrected chi connectivity index (χ1v) is 12.8. The third kappa shape index (κ3) is 5.46. The number of thioether (sulfide) groups is 1. The molecule has 2 aliphatic heterocycles. The van der Waals surface area contributed by atoms with Crippen LogP contribution in [0.4, 0.5) is 5.69 Å². The molecule has 1 fully saturated rings. The van der Waals surface area contributed by atoms with E-state index in [0.29, 0.717) is 23.6 Å². The minimum absolute atomic E-state index is 0.0839. The molecule has 7 nitrogen and oxygen atoms in total. The number of fused-ring (bicyclic) bond motifs is 1. The van der Waals surface area contributed by atoms with Crippen molar-refractivity contribution in [1.82, 2.24) is 9.62 Å². The number of hydrogen-bond acceptors (Lipinski definition) is 6. The zero-order chi connectivity index (χ0) is 21.0. The minimum atomic E-state index is -3.73. The van der Waals surface area contributed by atoms with E-state index in [2.05, 4.69) is 14.9 Å². The van der Waals surface area contributed by atoms with Crippen LogP contribution in [-0.4, -0.2) is 38.1 Å². The predicted octanol–water partition coefficient (Wildman–Crippen LogP) is 3.57. The Morgan fingerprint density at radius 3 is 2.63 bits per heavy atom. The number of nitrogens with one attached hydrogen (secondary N) is 2. The number of furan rings is 1. The summed E-state index contributed by atoms with van der Waals surface area (Å²) >= 11 is 1.54. The third-order valence-corrected chi connectivity index (χ3v) is 7.83. The largest absolute Gasteiger partial charge is 0.463 e. The fourth-order valence-corrected chi connectivity index (χ4v) is 5.69. The standard InChI is InChI=1S/C21H27N3O4S2/c25-21-9-12-29-20-8-7-18(13-19(20)23-21)30(26,27)22-14-16-5-6-17(28-16)15-24-10-3-1-2-4-11-24/h5-8,13,22H,1-4,9-12,14-15H2,(H,23,25). The highest BCUT2D eigenvalue weighted by Crippen LogP contribution is 2.32. The van der Waals surface area contributed by atoms with E-state index in [1.54, 1.807) is 23.9 Å². The van der Waals surface area contributed by atoms with Crippen molar-refractivity contribution in [3.63, 3.8) is 0 Å². The van der Waals surface area contributed by atoms with Gasteiger partial charge in [0, 0.05) is 17.1 Å². The van der Waals surface area contributed by atoms with Crippen molar-refractivity contribution in [3.8, 4) is 0 Å². The van der Waals surface area contributed by atoms with Gasteiger partial charge in [-0.05, 0) is 56.3 Å². The summed E-state index contributed by atoms with van der Waals surface area (Å²) in [4.78, 5) is 15.2. The number of sulfonamides is 1. The fourth-order valence-electron chi connectivity index (χ4n) is 3.73. The van der Waals surface area contributed by atoms with Crippen LogP contribution in [0.2, 0.25) is 0 Å². The Labute approximate surface area is 181 Å². The third-order valence-electron chi connectivity index (χ3n) is 5.35. The summed E-state index contributed by atoms with van der Waals surface area (Å²) in [7, 11) is -3.73. The number of nitrogens with zero attached hydrogens (tertiary/aromatic N) is 1. The van der Waals surface area contributed by atoms with Crippen LogP contribution in [0.15, 0.2) is 44.5 Å². The molecule has 0 spiro atoms. The Bertz CT molecular complexity index is 995. The lowest BCUT2D eigenvalue weighted by Crippen LogP contribution is -2.24. The van der Waals surface area contributed by atoms with Crippen LogP contribution < -0.4 is 10.0 Å². The van der Waals surface area contributed by atoms with Gasteiger partial charge in [0.1, 0.15) is 11.5 Å². The van der Waals surface area contributed by atoms with Gasteiger partial charge in [-0.15, -0.1) is 11.8 Å². The van der Waals surface area contributed by atoms with Gasteiger partial charge >= 0.3 is 0 Å². The highest BCUT2D eigenvalue weighted by atomic mass is 32.2. The van der Waals surface area contributed by atoms with Crippen molar-refractivity contribution in [2.45, 2.75) is 55.0 Å². The van der Waals surface area contributed by atoms with Crippen molar-refractivity contribution < 1.29 is 17.6 Å². The number of amides is 1. The molecule has 0 radical (unpaired) electrons. The van der Waals surface area contributed by atoms with Crippen molar-refractivity contribution in [2.24, 2.45) is 0 Å². The van der Waals surface area contributed by atoms with Gasteiger partial charge in [-0.3, -0.25) is 9.69 Å². The van der Waals surface area contributed by atoms with Gasteiger partial charge < -0.3 is 9.73 Å². The van der Waals surface area contributed by atoms with Crippen LogP contribution in [0.25, 0.3) is 0 Å². The molecule has 0 aliphatic carbocycles. The molecule has 2 aliphatic rings. The summed E-state index contributed by atoms with van der Waals surface area (Å²) in [6.07, 6.45) is 5.41. The van der Waals surface area contributed by atoms with Crippen LogP contribution in [0.1, 0.15) is 43.6 Å². The molecule has 1 amide bonds. The molecule has 3 heterocycles. The normalized spacial score (nSPS) is 18.3. The zero-order valence-electron chi connectivity index (χ0n) is 16.9. The Kier molecular flexibility index (Phi) is 6.82. The van der Waals surface area contributed by atoms with Crippen LogP contribution >= 0.6 is 11.8 Å². The summed E-state index contributed by atoms with van der Waals surface area (Å²) in [5.41, 5.74) is 0.545. The maximum absolute atomic E-state index is 12.7. The van der Waals surface area contributed by atoms with Crippen molar-refractivity contribution in [1.29, 1.82) is 0 Å². The second kappa shape index (κ2) is 9.55. The van der Waals surface area contributed by atoms with E-state index in [1.807, 2.05) is 12.1 Å². The van der Waals surface area contributed by atoms with Crippen LogP contribution in [-0.2, 0) is 27.9 Å². The maximum atomic E-state index is 12.7. The topological polar surface area (TPSA) is 91.7 Å². The van der Waals surface area contributed by atoms with Crippen molar-refractivity contribution >= 4 is 33.4 Å². The molecule has 1 aromatic heterocycles. The average Bonchev–Trinajstić information content (AvgIpc) is 2.89. The minimum Gasteiger partial charge on any atom is -0.463 e. The number of carbonyl (C=O) groups excluding carboxylic acids is 1. The van der Waals surface area contributed by atoms with E-state index in [4.69, 9.17) is 4.42 Å².